The predicted octanol–water partition coefficient (Wildman–Crippen LogP) is 8.24. The quantitative estimate of drug-likeness (QED) is 0.244. The number of nitrogens with zero attached hydrogens (tertiary/aromatic N) is 4. The molecule has 0 N–H and O–H groups in total. The normalized spacial score (nSPS) is 13.1. The van der Waals surface area contributed by atoms with E-state index in [9.17, 15) is 0 Å². The molecule has 0 saturated carbocycles. The highest BCUT2D eigenvalue weighted by atomic mass is 15.0. The second kappa shape index (κ2) is 9.10. The second-order valence-corrected chi connectivity index (χ2v) is 10.4. The summed E-state index contributed by atoms with van der Waals surface area (Å²) < 4.78 is 0. The van der Waals surface area contributed by atoms with E-state index in [1.807, 2.05) is 73.1 Å². The summed E-state index contributed by atoms with van der Waals surface area (Å²) in [5.41, 5.74) is 10.2. The molecular weight excluding hydrogens is 476 g/mol. The summed E-state index contributed by atoms with van der Waals surface area (Å²) >= 11 is 0. The monoisotopic (exact) mass is 502 g/mol. The van der Waals surface area contributed by atoms with E-state index in [1.54, 1.807) is 0 Å². The first-order valence-corrected chi connectivity index (χ1v) is 13.1. The minimum absolute atomic E-state index is 0.101. The maximum Gasteiger partial charge on any atom is 0.164 e. The van der Waals surface area contributed by atoms with Gasteiger partial charge in [0.05, 0.1) is 0 Å². The average molecular weight is 503 g/mol. The van der Waals surface area contributed by atoms with Gasteiger partial charge in [-0.2, -0.15) is 0 Å². The van der Waals surface area contributed by atoms with Gasteiger partial charge in [-0.15, -0.1) is 0 Å². The molecule has 2 heterocycles. The Balaban J connectivity index is 1.34. The van der Waals surface area contributed by atoms with Crippen LogP contribution in [0.5, 0.6) is 0 Å². The first kappa shape index (κ1) is 23.2. The molecule has 1 aliphatic rings. The lowest BCUT2D eigenvalue weighted by atomic mass is 9.82. The Morgan fingerprint density at radius 2 is 1.00 bits per heavy atom. The molecule has 7 rings (SSSR count). The van der Waals surface area contributed by atoms with E-state index >= 15 is 0 Å². The fraction of sp³-hybridized carbons (Fsp3) is 0.0857. The maximum absolute atomic E-state index is 4.91. The first-order chi connectivity index (χ1) is 19.1. The van der Waals surface area contributed by atoms with E-state index in [0.717, 1.165) is 22.3 Å². The molecule has 2 aromatic heterocycles. The van der Waals surface area contributed by atoms with Crippen molar-refractivity contribution in [3.8, 4) is 56.4 Å². The van der Waals surface area contributed by atoms with Crippen LogP contribution < -0.4 is 0 Å². The fourth-order valence-corrected chi connectivity index (χ4v) is 5.52. The topological polar surface area (TPSA) is 51.6 Å². The molecular formula is C35H26N4. The molecule has 4 nitrogen and oxygen atoms in total. The lowest BCUT2D eigenvalue weighted by Crippen LogP contribution is -2.15. The van der Waals surface area contributed by atoms with Crippen LogP contribution in [0.25, 0.3) is 56.4 Å². The van der Waals surface area contributed by atoms with Crippen LogP contribution >= 0.6 is 0 Å². The van der Waals surface area contributed by atoms with Crippen molar-refractivity contribution in [2.75, 3.05) is 0 Å². The molecule has 0 saturated heterocycles. The summed E-state index contributed by atoms with van der Waals surface area (Å²) in [7, 11) is 0. The van der Waals surface area contributed by atoms with E-state index in [-0.39, 0.29) is 5.41 Å². The third-order valence-corrected chi connectivity index (χ3v) is 7.63. The number of hydrogen-bond acceptors (Lipinski definition) is 4. The Kier molecular flexibility index (Phi) is 5.41. The van der Waals surface area contributed by atoms with E-state index in [0.29, 0.717) is 17.5 Å². The molecule has 0 amide bonds. The van der Waals surface area contributed by atoms with Crippen LogP contribution in [0.4, 0.5) is 0 Å². The summed E-state index contributed by atoms with van der Waals surface area (Å²) in [5, 5.41) is 0. The smallest absolute Gasteiger partial charge is 0.164 e. The number of rotatable bonds is 4. The fourth-order valence-electron chi connectivity index (χ4n) is 5.52. The zero-order valence-corrected chi connectivity index (χ0v) is 21.8. The molecule has 0 atom stereocenters. The van der Waals surface area contributed by atoms with Gasteiger partial charge in [-0.25, -0.2) is 15.0 Å². The third kappa shape index (κ3) is 4.02. The van der Waals surface area contributed by atoms with Gasteiger partial charge in [0.25, 0.3) is 0 Å². The van der Waals surface area contributed by atoms with Gasteiger partial charge in [0.15, 0.2) is 17.5 Å². The minimum atomic E-state index is -0.101. The van der Waals surface area contributed by atoms with Crippen molar-refractivity contribution in [3.63, 3.8) is 0 Å². The lowest BCUT2D eigenvalue weighted by molar-refractivity contribution is 0.657. The Morgan fingerprint density at radius 3 is 1.67 bits per heavy atom. The molecule has 0 fully saturated rings. The summed E-state index contributed by atoms with van der Waals surface area (Å²) in [6, 6.07) is 37.5. The van der Waals surface area contributed by atoms with Gasteiger partial charge >= 0.3 is 0 Å². The van der Waals surface area contributed by atoms with E-state index < -0.39 is 0 Å². The number of fused-ring (bicyclic) bond motifs is 3. The molecule has 6 aromatic rings. The van der Waals surface area contributed by atoms with Crippen LogP contribution in [0.1, 0.15) is 25.0 Å². The molecule has 4 aromatic carbocycles. The molecule has 0 unspecified atom stereocenters. The van der Waals surface area contributed by atoms with Crippen molar-refractivity contribution in [2.24, 2.45) is 0 Å². The molecule has 4 heteroatoms. The van der Waals surface area contributed by atoms with Gasteiger partial charge < -0.3 is 0 Å². The summed E-state index contributed by atoms with van der Waals surface area (Å²) in [5.74, 6) is 1.98. The number of aromatic nitrogens is 4. The van der Waals surface area contributed by atoms with Crippen LogP contribution in [-0.2, 0) is 5.41 Å². The van der Waals surface area contributed by atoms with Gasteiger partial charge in [-0.3, -0.25) is 4.98 Å². The third-order valence-electron chi connectivity index (χ3n) is 7.63. The predicted molar refractivity (Wildman–Crippen MR) is 157 cm³/mol. The van der Waals surface area contributed by atoms with Crippen molar-refractivity contribution in [1.29, 1.82) is 0 Å². The molecule has 0 aliphatic heterocycles. The minimum Gasteiger partial charge on any atom is -0.264 e. The van der Waals surface area contributed by atoms with Crippen LogP contribution in [-0.4, -0.2) is 19.9 Å². The lowest BCUT2D eigenvalue weighted by Gasteiger charge is -2.21. The standard InChI is InChI=1S/C35H26N4/c1-35(2)30-21-26(16-17-28(30)29-18-19-36-22-31(29)35)25-14-9-15-27(20-25)34-38-32(23-10-5-3-6-11-23)37-33(39-34)24-12-7-4-8-13-24/h3-22H,1-2H3. The van der Waals surface area contributed by atoms with Gasteiger partial charge in [0.1, 0.15) is 0 Å². The summed E-state index contributed by atoms with van der Waals surface area (Å²) in [6.07, 6.45) is 3.88. The van der Waals surface area contributed by atoms with Crippen molar-refractivity contribution >= 4 is 0 Å². The Morgan fingerprint density at radius 1 is 0.462 bits per heavy atom. The number of pyridine rings is 1. The van der Waals surface area contributed by atoms with Gasteiger partial charge in [0.2, 0.25) is 0 Å². The number of benzene rings is 4. The van der Waals surface area contributed by atoms with E-state index in [2.05, 4.69) is 67.4 Å². The van der Waals surface area contributed by atoms with Crippen molar-refractivity contribution in [3.05, 3.63) is 133 Å². The van der Waals surface area contributed by atoms with E-state index in [4.69, 9.17) is 15.0 Å². The van der Waals surface area contributed by atoms with Crippen LogP contribution in [0.15, 0.2) is 122 Å². The molecule has 186 valence electrons. The molecule has 1 aliphatic carbocycles. The van der Waals surface area contributed by atoms with E-state index in [1.165, 1.54) is 27.8 Å². The molecule has 0 radical (unpaired) electrons. The highest BCUT2D eigenvalue weighted by molar-refractivity contribution is 5.83. The van der Waals surface area contributed by atoms with Crippen LogP contribution in [0.2, 0.25) is 0 Å². The Hall–Kier alpha value is -4.96. The van der Waals surface area contributed by atoms with Gasteiger partial charge in [-0.05, 0) is 51.6 Å². The molecule has 0 bridgehead atoms. The highest BCUT2D eigenvalue weighted by Gasteiger charge is 2.35. The Labute approximate surface area is 228 Å². The maximum atomic E-state index is 4.91. The largest absolute Gasteiger partial charge is 0.264 e. The molecule has 0 spiro atoms. The average Bonchev–Trinajstić information content (AvgIpc) is 3.24. The van der Waals surface area contributed by atoms with Crippen molar-refractivity contribution in [1.82, 2.24) is 19.9 Å². The second-order valence-electron chi connectivity index (χ2n) is 10.4. The van der Waals surface area contributed by atoms with Crippen molar-refractivity contribution in [2.45, 2.75) is 19.3 Å². The molecule has 39 heavy (non-hydrogen) atoms. The van der Waals surface area contributed by atoms with Crippen molar-refractivity contribution < 1.29 is 0 Å². The van der Waals surface area contributed by atoms with Gasteiger partial charge in [-0.1, -0.05) is 105 Å². The SMILES string of the molecule is CC1(C)c2cnccc2-c2ccc(-c3cccc(-c4nc(-c5ccccc5)nc(-c5ccccc5)n4)c3)cc21. The summed E-state index contributed by atoms with van der Waals surface area (Å²) in [4.78, 5) is 19.1. The zero-order chi connectivity index (χ0) is 26.4. The first-order valence-electron chi connectivity index (χ1n) is 13.1. The van der Waals surface area contributed by atoms with Gasteiger partial charge in [0, 0.05) is 34.5 Å². The number of hydrogen-bond donors (Lipinski definition) is 0. The highest BCUT2D eigenvalue weighted by Crippen LogP contribution is 2.49. The summed E-state index contributed by atoms with van der Waals surface area (Å²) in [6.45, 7) is 4.56. The van der Waals surface area contributed by atoms with Crippen LogP contribution in [0.3, 0.4) is 0 Å². The zero-order valence-electron chi connectivity index (χ0n) is 21.8. The van der Waals surface area contributed by atoms with Crippen LogP contribution in [0, 0.1) is 0 Å². The Bertz CT molecular complexity index is 1770.